The Bertz CT molecular complexity index is 589. The van der Waals surface area contributed by atoms with Gasteiger partial charge < -0.3 is 10.2 Å². The number of aromatic nitrogens is 3. The number of benzene rings is 1. The topological polar surface area (TPSA) is 56.8 Å². The number of hydrogen-bond acceptors (Lipinski definition) is 4. The zero-order chi connectivity index (χ0) is 14.1. The van der Waals surface area contributed by atoms with Crippen molar-refractivity contribution in [1.82, 2.24) is 20.5 Å². The van der Waals surface area contributed by atoms with E-state index in [2.05, 4.69) is 32.3 Å². The molecule has 3 rings (SSSR count). The minimum atomic E-state index is -0.256. The van der Waals surface area contributed by atoms with Crippen LogP contribution in [0.2, 0.25) is 0 Å². The van der Waals surface area contributed by atoms with Gasteiger partial charge in [-0.1, -0.05) is 0 Å². The zero-order valence-corrected chi connectivity index (χ0v) is 11.7. The van der Waals surface area contributed by atoms with Crippen LogP contribution in [0, 0.1) is 12.7 Å². The molecule has 1 aliphatic heterocycles. The van der Waals surface area contributed by atoms with Gasteiger partial charge >= 0.3 is 0 Å². The molecule has 1 atom stereocenters. The van der Waals surface area contributed by atoms with Crippen LogP contribution in [0.5, 0.6) is 0 Å². The maximum absolute atomic E-state index is 13.4. The summed E-state index contributed by atoms with van der Waals surface area (Å²) >= 11 is 0. The number of aryl methyl sites for hydroxylation is 1. The van der Waals surface area contributed by atoms with Crippen molar-refractivity contribution in [3.05, 3.63) is 29.6 Å². The highest BCUT2D eigenvalue weighted by molar-refractivity contribution is 5.57. The lowest BCUT2D eigenvalue weighted by atomic mass is 10.1. The molecule has 0 aliphatic carbocycles. The summed E-state index contributed by atoms with van der Waals surface area (Å²) in [4.78, 5) is 6.62. The molecular formula is C14H18FN5. The first-order valence-corrected chi connectivity index (χ1v) is 6.80. The first kappa shape index (κ1) is 13.1. The summed E-state index contributed by atoms with van der Waals surface area (Å²) in [7, 11) is 0. The molecule has 1 fully saturated rings. The van der Waals surface area contributed by atoms with E-state index < -0.39 is 0 Å². The molecule has 2 aromatic rings. The molecule has 0 saturated carbocycles. The number of aromatic amines is 1. The number of hydrogen-bond donors (Lipinski definition) is 2. The van der Waals surface area contributed by atoms with Crippen LogP contribution in [0.15, 0.2) is 18.2 Å². The summed E-state index contributed by atoms with van der Waals surface area (Å²) in [5.74, 6) is 1.03. The van der Waals surface area contributed by atoms with Gasteiger partial charge in [0, 0.05) is 31.2 Å². The lowest BCUT2D eigenvalue weighted by molar-refractivity contribution is 0.480. The number of nitrogens with zero attached hydrogens (tertiary/aromatic N) is 3. The van der Waals surface area contributed by atoms with Gasteiger partial charge in [0.25, 0.3) is 0 Å². The summed E-state index contributed by atoms with van der Waals surface area (Å²) in [6.07, 6.45) is 0. The molecule has 1 aliphatic rings. The fourth-order valence-electron chi connectivity index (χ4n) is 2.51. The summed E-state index contributed by atoms with van der Waals surface area (Å²) in [5.41, 5.74) is 1.60. The number of nitrogens with one attached hydrogen (secondary N) is 2. The van der Waals surface area contributed by atoms with Crippen molar-refractivity contribution in [2.24, 2.45) is 0 Å². The maximum atomic E-state index is 13.4. The normalized spacial score (nSPS) is 19.4. The van der Waals surface area contributed by atoms with E-state index in [9.17, 15) is 4.39 Å². The Balaban J connectivity index is 1.86. The average Bonchev–Trinajstić information content (AvgIpc) is 2.87. The third-order valence-electron chi connectivity index (χ3n) is 3.44. The first-order valence-electron chi connectivity index (χ1n) is 6.80. The monoisotopic (exact) mass is 275 g/mol. The van der Waals surface area contributed by atoms with E-state index in [-0.39, 0.29) is 5.82 Å². The van der Waals surface area contributed by atoms with Crippen LogP contribution in [-0.2, 0) is 0 Å². The number of anilines is 1. The van der Waals surface area contributed by atoms with Crippen LogP contribution in [-0.4, -0.2) is 40.9 Å². The van der Waals surface area contributed by atoms with Gasteiger partial charge in [-0.25, -0.2) is 4.39 Å². The highest BCUT2D eigenvalue weighted by atomic mass is 19.1. The Morgan fingerprint density at radius 1 is 1.35 bits per heavy atom. The molecule has 0 amide bonds. The molecule has 0 unspecified atom stereocenters. The molecule has 1 aromatic heterocycles. The quantitative estimate of drug-likeness (QED) is 0.876. The van der Waals surface area contributed by atoms with Crippen LogP contribution in [0.3, 0.4) is 0 Å². The molecule has 106 valence electrons. The zero-order valence-electron chi connectivity index (χ0n) is 11.7. The molecule has 0 spiro atoms. The third-order valence-corrected chi connectivity index (χ3v) is 3.44. The molecule has 1 aromatic carbocycles. The van der Waals surface area contributed by atoms with E-state index in [4.69, 9.17) is 0 Å². The molecule has 6 heteroatoms. The van der Waals surface area contributed by atoms with Crippen LogP contribution in [0.1, 0.15) is 12.5 Å². The number of H-pyrrole nitrogens is 1. The van der Waals surface area contributed by atoms with Crippen LogP contribution >= 0.6 is 0 Å². The molecule has 1 saturated heterocycles. The van der Waals surface area contributed by atoms with Gasteiger partial charge in [0.05, 0.1) is 0 Å². The van der Waals surface area contributed by atoms with Gasteiger partial charge in [0.1, 0.15) is 5.82 Å². The minimum Gasteiger partial charge on any atom is -0.337 e. The summed E-state index contributed by atoms with van der Waals surface area (Å²) in [6.45, 7) is 6.67. The standard InChI is InChI=1S/C14H18FN5/c1-9-5-11(7-12(15)6-9)13-17-14(19-18-13)20-4-3-16-10(2)8-20/h5-7,10,16H,3-4,8H2,1-2H3,(H,17,18,19)/t10-/m1/s1. The first-order chi connectivity index (χ1) is 9.61. The summed E-state index contributed by atoms with van der Waals surface area (Å²) in [6, 6.07) is 5.28. The summed E-state index contributed by atoms with van der Waals surface area (Å²) in [5, 5.41) is 10.5. The second-order valence-corrected chi connectivity index (χ2v) is 5.30. The van der Waals surface area contributed by atoms with Crippen LogP contribution in [0.25, 0.3) is 11.4 Å². The largest absolute Gasteiger partial charge is 0.337 e. The van der Waals surface area contributed by atoms with Crippen LogP contribution in [0.4, 0.5) is 10.3 Å². The predicted molar refractivity (Wildman–Crippen MR) is 76.2 cm³/mol. The lowest BCUT2D eigenvalue weighted by Crippen LogP contribution is -2.49. The fourth-order valence-corrected chi connectivity index (χ4v) is 2.51. The van der Waals surface area contributed by atoms with E-state index in [1.807, 2.05) is 13.0 Å². The Morgan fingerprint density at radius 3 is 2.95 bits per heavy atom. The van der Waals surface area contributed by atoms with Gasteiger partial charge in [-0.3, -0.25) is 5.10 Å². The number of rotatable bonds is 2. The second kappa shape index (κ2) is 5.20. The minimum absolute atomic E-state index is 0.256. The van der Waals surface area contributed by atoms with E-state index in [1.54, 1.807) is 0 Å². The maximum Gasteiger partial charge on any atom is 0.245 e. The van der Waals surface area contributed by atoms with Crippen molar-refractivity contribution >= 4 is 5.95 Å². The molecule has 0 radical (unpaired) electrons. The van der Waals surface area contributed by atoms with E-state index in [0.717, 1.165) is 30.8 Å². The van der Waals surface area contributed by atoms with Gasteiger partial charge in [0.15, 0.2) is 5.82 Å². The predicted octanol–water partition coefficient (Wildman–Crippen LogP) is 1.72. The molecule has 2 N–H and O–H groups in total. The second-order valence-electron chi connectivity index (χ2n) is 5.30. The Kier molecular flexibility index (Phi) is 3.40. The van der Waals surface area contributed by atoms with E-state index >= 15 is 0 Å². The smallest absolute Gasteiger partial charge is 0.245 e. The lowest BCUT2D eigenvalue weighted by Gasteiger charge is -2.30. The highest BCUT2D eigenvalue weighted by Gasteiger charge is 2.19. The van der Waals surface area contributed by atoms with Crippen molar-refractivity contribution in [2.75, 3.05) is 24.5 Å². The van der Waals surface area contributed by atoms with Gasteiger partial charge in [-0.05, 0) is 37.6 Å². The summed E-state index contributed by atoms with van der Waals surface area (Å²) < 4.78 is 13.4. The number of halogens is 1. The van der Waals surface area contributed by atoms with Crippen molar-refractivity contribution in [3.8, 4) is 11.4 Å². The van der Waals surface area contributed by atoms with Gasteiger partial charge in [0.2, 0.25) is 5.95 Å². The van der Waals surface area contributed by atoms with E-state index in [1.165, 1.54) is 12.1 Å². The van der Waals surface area contributed by atoms with Gasteiger partial charge in [-0.15, -0.1) is 5.10 Å². The molecule has 20 heavy (non-hydrogen) atoms. The number of piperazine rings is 1. The van der Waals surface area contributed by atoms with Gasteiger partial charge in [-0.2, -0.15) is 4.98 Å². The van der Waals surface area contributed by atoms with E-state index in [0.29, 0.717) is 17.8 Å². The SMILES string of the molecule is Cc1cc(F)cc(-c2nc(N3CCN[C@H](C)C3)n[nH]2)c1. The highest BCUT2D eigenvalue weighted by Crippen LogP contribution is 2.20. The Hall–Kier alpha value is -1.95. The third kappa shape index (κ3) is 2.65. The fraction of sp³-hybridized carbons (Fsp3) is 0.429. The van der Waals surface area contributed by atoms with Crippen molar-refractivity contribution in [1.29, 1.82) is 0 Å². The van der Waals surface area contributed by atoms with Crippen molar-refractivity contribution in [2.45, 2.75) is 19.9 Å². The van der Waals surface area contributed by atoms with Crippen molar-refractivity contribution < 1.29 is 4.39 Å². The Labute approximate surface area is 117 Å². The molecular weight excluding hydrogens is 257 g/mol. The average molecular weight is 275 g/mol. The van der Waals surface area contributed by atoms with Crippen LogP contribution < -0.4 is 10.2 Å². The van der Waals surface area contributed by atoms with Crippen molar-refractivity contribution in [3.63, 3.8) is 0 Å². The molecule has 5 nitrogen and oxygen atoms in total. The molecule has 0 bridgehead atoms. The Morgan fingerprint density at radius 2 is 2.20 bits per heavy atom. The molecule has 2 heterocycles.